The molecule has 0 aromatic heterocycles. The Kier molecular flexibility index (Phi) is 5.55. The molecular formula is C19H38. The molecule has 0 nitrogen and oxygen atoms in total. The zero-order chi connectivity index (χ0) is 14.7. The van der Waals surface area contributed by atoms with Crippen LogP contribution >= 0.6 is 0 Å². The van der Waals surface area contributed by atoms with E-state index in [1.165, 1.54) is 25.7 Å². The van der Waals surface area contributed by atoms with Gasteiger partial charge in [0.2, 0.25) is 0 Å². The average Bonchev–Trinajstić information content (AvgIpc) is 3.03. The topological polar surface area (TPSA) is 0 Å². The van der Waals surface area contributed by atoms with Crippen molar-refractivity contribution in [2.24, 2.45) is 22.2 Å². The minimum absolute atomic E-state index is 0.750. The Balaban J connectivity index is 0.000000128. The highest BCUT2D eigenvalue weighted by Gasteiger charge is 2.52. The molecule has 4 aliphatic rings. The molecule has 0 saturated heterocycles. The largest absolute Gasteiger partial charge is 0.0630 e. The molecule has 0 heterocycles. The first-order chi connectivity index (χ1) is 8.56. The predicted molar refractivity (Wildman–Crippen MR) is 87.4 cm³/mol. The lowest BCUT2D eigenvalue weighted by molar-refractivity contribution is 0.652. The van der Waals surface area contributed by atoms with E-state index in [0.717, 1.165) is 22.2 Å². The SMILES string of the molecule is C1CC12CC2.CC(C)C.CC1(C)CC1.CC1(C)CC1. The van der Waals surface area contributed by atoms with Crippen molar-refractivity contribution in [1.82, 2.24) is 0 Å². The normalized spacial score (nSPS) is 27.8. The second-order valence-corrected chi connectivity index (χ2v) is 9.56. The highest BCUT2D eigenvalue weighted by atomic mass is 14.6. The second-order valence-electron chi connectivity index (χ2n) is 9.56. The lowest BCUT2D eigenvalue weighted by Gasteiger charge is -1.86. The first-order valence-electron chi connectivity index (χ1n) is 8.56. The maximum absolute atomic E-state index is 2.30. The molecule has 1 spiro atoms. The fourth-order valence-corrected chi connectivity index (χ4v) is 1.35. The molecule has 0 atom stereocenters. The molecule has 4 fully saturated rings. The summed E-state index contributed by atoms with van der Waals surface area (Å²) in [7, 11) is 0. The van der Waals surface area contributed by atoms with Crippen molar-refractivity contribution >= 4 is 0 Å². The van der Waals surface area contributed by atoms with Gasteiger partial charge in [0.05, 0.1) is 0 Å². The number of hydrogen-bond acceptors (Lipinski definition) is 0. The molecule has 4 aliphatic carbocycles. The molecule has 0 heteroatoms. The van der Waals surface area contributed by atoms with Crippen molar-refractivity contribution in [3.8, 4) is 0 Å². The minimum atomic E-state index is 0.750. The second kappa shape index (κ2) is 6.19. The molecule has 0 aromatic rings. The lowest BCUT2D eigenvalue weighted by Crippen LogP contribution is -1.75. The van der Waals surface area contributed by atoms with Crippen molar-refractivity contribution in [2.75, 3.05) is 0 Å². The molecule has 4 rings (SSSR count). The van der Waals surface area contributed by atoms with Gasteiger partial charge < -0.3 is 0 Å². The van der Waals surface area contributed by atoms with Crippen LogP contribution in [-0.2, 0) is 0 Å². The van der Waals surface area contributed by atoms with Crippen LogP contribution in [0.15, 0.2) is 0 Å². The van der Waals surface area contributed by atoms with Crippen LogP contribution in [0.1, 0.15) is 99.8 Å². The van der Waals surface area contributed by atoms with E-state index in [-0.39, 0.29) is 0 Å². The van der Waals surface area contributed by atoms with E-state index >= 15 is 0 Å². The van der Waals surface area contributed by atoms with Crippen LogP contribution in [0.25, 0.3) is 0 Å². The van der Waals surface area contributed by atoms with Crippen LogP contribution < -0.4 is 0 Å². The summed E-state index contributed by atoms with van der Waals surface area (Å²) in [6.07, 6.45) is 12.1. The molecule has 0 bridgehead atoms. The van der Waals surface area contributed by atoms with Crippen molar-refractivity contribution < 1.29 is 0 Å². The first kappa shape index (κ1) is 17.1. The third kappa shape index (κ3) is 11.5. The minimum Gasteiger partial charge on any atom is -0.0630 e. The Hall–Kier alpha value is 0. The molecule has 0 radical (unpaired) electrons. The Morgan fingerprint density at radius 2 is 0.684 bits per heavy atom. The molecule has 4 saturated carbocycles. The van der Waals surface area contributed by atoms with Gasteiger partial charge in [-0.1, -0.05) is 48.5 Å². The van der Waals surface area contributed by atoms with E-state index in [1.807, 2.05) is 0 Å². The molecule has 0 N–H and O–H groups in total. The van der Waals surface area contributed by atoms with Gasteiger partial charge in [-0.15, -0.1) is 0 Å². The molecule has 0 amide bonds. The van der Waals surface area contributed by atoms with E-state index in [0.29, 0.717) is 0 Å². The number of hydrogen-bond donors (Lipinski definition) is 0. The van der Waals surface area contributed by atoms with Gasteiger partial charge >= 0.3 is 0 Å². The van der Waals surface area contributed by atoms with Gasteiger partial charge in [0.15, 0.2) is 0 Å². The average molecular weight is 267 g/mol. The summed E-state index contributed by atoms with van der Waals surface area (Å²) in [6.45, 7) is 15.7. The Bertz CT molecular complexity index is 203. The van der Waals surface area contributed by atoms with Crippen LogP contribution in [0.4, 0.5) is 0 Å². The molecule has 0 aliphatic heterocycles. The van der Waals surface area contributed by atoms with Crippen LogP contribution in [0.5, 0.6) is 0 Å². The van der Waals surface area contributed by atoms with Crippen molar-refractivity contribution in [1.29, 1.82) is 0 Å². The molecular weight excluding hydrogens is 228 g/mol. The third-order valence-electron chi connectivity index (χ3n) is 4.41. The summed E-state index contributed by atoms with van der Waals surface area (Å²) in [5.74, 6) is 0.833. The van der Waals surface area contributed by atoms with Crippen LogP contribution in [-0.4, -0.2) is 0 Å². The fraction of sp³-hybridized carbons (Fsp3) is 1.00. The maximum atomic E-state index is 2.30. The van der Waals surface area contributed by atoms with E-state index in [9.17, 15) is 0 Å². The summed E-state index contributed by atoms with van der Waals surface area (Å²) in [4.78, 5) is 0. The monoisotopic (exact) mass is 266 g/mol. The van der Waals surface area contributed by atoms with E-state index < -0.39 is 0 Å². The lowest BCUT2D eigenvalue weighted by atomic mass is 10.2. The summed E-state index contributed by atoms with van der Waals surface area (Å²) in [6, 6.07) is 0. The molecule has 0 aromatic carbocycles. The smallest absolute Gasteiger partial charge is 0.0297 e. The van der Waals surface area contributed by atoms with E-state index in [2.05, 4.69) is 48.5 Å². The van der Waals surface area contributed by atoms with Gasteiger partial charge in [-0.2, -0.15) is 0 Å². The van der Waals surface area contributed by atoms with Gasteiger partial charge in [0, 0.05) is 0 Å². The zero-order valence-corrected chi connectivity index (χ0v) is 14.7. The van der Waals surface area contributed by atoms with Crippen molar-refractivity contribution in [3.05, 3.63) is 0 Å². The molecule has 0 unspecified atom stereocenters. The fourth-order valence-electron chi connectivity index (χ4n) is 1.35. The molecule has 114 valence electrons. The van der Waals surface area contributed by atoms with E-state index in [1.54, 1.807) is 25.7 Å². The highest BCUT2D eigenvalue weighted by Crippen LogP contribution is 2.65. The Labute approximate surface area is 122 Å². The summed E-state index contributed by atoms with van der Waals surface area (Å²) in [5.41, 5.74) is 2.50. The predicted octanol–water partition coefficient (Wildman–Crippen LogP) is 6.84. The van der Waals surface area contributed by atoms with Gasteiger partial charge in [-0.3, -0.25) is 0 Å². The summed E-state index contributed by atoms with van der Waals surface area (Å²) < 4.78 is 0. The maximum Gasteiger partial charge on any atom is -0.0297 e. The van der Waals surface area contributed by atoms with Crippen molar-refractivity contribution in [3.63, 3.8) is 0 Å². The third-order valence-corrected chi connectivity index (χ3v) is 4.41. The zero-order valence-electron chi connectivity index (χ0n) is 14.7. The molecule has 19 heavy (non-hydrogen) atoms. The quantitative estimate of drug-likeness (QED) is 0.450. The van der Waals surface area contributed by atoms with E-state index in [4.69, 9.17) is 0 Å². The summed E-state index contributed by atoms with van der Waals surface area (Å²) in [5, 5.41) is 0. The van der Waals surface area contributed by atoms with Gasteiger partial charge in [-0.25, -0.2) is 0 Å². The first-order valence-corrected chi connectivity index (χ1v) is 8.56. The van der Waals surface area contributed by atoms with Gasteiger partial charge in [0.25, 0.3) is 0 Å². The highest BCUT2D eigenvalue weighted by molar-refractivity contribution is 5.04. The van der Waals surface area contributed by atoms with Crippen LogP contribution in [0.2, 0.25) is 0 Å². The van der Waals surface area contributed by atoms with Gasteiger partial charge in [0.1, 0.15) is 0 Å². The van der Waals surface area contributed by atoms with Crippen molar-refractivity contribution in [2.45, 2.75) is 99.8 Å². The van der Waals surface area contributed by atoms with Gasteiger partial charge in [-0.05, 0) is 73.5 Å². The Morgan fingerprint density at radius 3 is 0.684 bits per heavy atom. The standard InChI is InChI=1S/C5H8.2C5H10.C4H10/c1-2-5(1)3-4-5;2*1-5(2)3-4-5;1-4(2)3/h1-4H2;2*3-4H2,1-2H3;4H,1-3H3. The van der Waals surface area contributed by atoms with Crippen LogP contribution in [0.3, 0.4) is 0 Å². The van der Waals surface area contributed by atoms with Crippen LogP contribution in [0, 0.1) is 22.2 Å². The Morgan fingerprint density at radius 1 is 0.526 bits per heavy atom. The summed E-state index contributed by atoms with van der Waals surface area (Å²) >= 11 is 0. The number of rotatable bonds is 0.